The Morgan fingerprint density at radius 2 is 1.90 bits per heavy atom. The summed E-state index contributed by atoms with van der Waals surface area (Å²) in [6, 6.07) is 12.6. The molecule has 0 radical (unpaired) electrons. The van der Waals surface area contributed by atoms with E-state index in [-0.39, 0.29) is 18.0 Å². The number of hydrogen-bond donors (Lipinski definition) is 1. The normalized spacial score (nSPS) is 11.2. The summed E-state index contributed by atoms with van der Waals surface area (Å²) in [6.07, 6.45) is 1.57. The van der Waals surface area contributed by atoms with Gasteiger partial charge in [-0.05, 0) is 25.5 Å². The lowest BCUT2D eigenvalue weighted by molar-refractivity contribution is -0.121. The Labute approximate surface area is 122 Å². The van der Waals surface area contributed by atoms with Crippen LogP contribution in [0.1, 0.15) is 18.1 Å². The summed E-state index contributed by atoms with van der Waals surface area (Å²) >= 11 is 0. The van der Waals surface area contributed by atoms with E-state index in [4.69, 9.17) is 0 Å². The third-order valence-corrected chi connectivity index (χ3v) is 3.03. The highest BCUT2D eigenvalue weighted by Crippen LogP contribution is 2.04. The molecule has 5 heteroatoms. The van der Waals surface area contributed by atoms with Gasteiger partial charge in [-0.25, -0.2) is 5.43 Å². The Bertz CT molecular complexity index is 715. The van der Waals surface area contributed by atoms with Crippen LogP contribution in [-0.4, -0.2) is 16.2 Å². The average Bonchev–Trinajstić information content (AvgIpc) is 2.48. The first-order valence-electron chi connectivity index (χ1n) is 6.62. The molecule has 0 atom stereocenters. The second kappa shape index (κ2) is 6.65. The zero-order valence-electron chi connectivity index (χ0n) is 12.0. The van der Waals surface area contributed by atoms with Crippen LogP contribution in [0.25, 0.3) is 0 Å². The number of carbonyl (C=O) groups is 1. The molecule has 2 rings (SSSR count). The minimum atomic E-state index is -0.338. The molecule has 0 aliphatic carbocycles. The minimum absolute atomic E-state index is 0.0512. The summed E-state index contributed by atoms with van der Waals surface area (Å²) in [5.74, 6) is -0.338. The first kappa shape index (κ1) is 14.7. The number of carbonyl (C=O) groups excluding carboxylic acids is 1. The maximum atomic E-state index is 11.8. The van der Waals surface area contributed by atoms with Gasteiger partial charge in [-0.1, -0.05) is 35.9 Å². The van der Waals surface area contributed by atoms with Crippen molar-refractivity contribution in [2.24, 2.45) is 5.10 Å². The maximum absolute atomic E-state index is 11.8. The number of pyridine rings is 1. The molecule has 0 fully saturated rings. The predicted octanol–water partition coefficient (Wildman–Crippen LogP) is 1.70. The van der Waals surface area contributed by atoms with Crippen LogP contribution in [0.2, 0.25) is 0 Å². The zero-order valence-corrected chi connectivity index (χ0v) is 12.0. The first-order chi connectivity index (χ1) is 10.1. The molecule has 2 aromatic rings. The molecule has 0 bridgehead atoms. The van der Waals surface area contributed by atoms with Crippen molar-refractivity contribution < 1.29 is 4.79 Å². The lowest BCUT2D eigenvalue weighted by Crippen LogP contribution is -2.29. The van der Waals surface area contributed by atoms with Crippen LogP contribution in [0.4, 0.5) is 0 Å². The highest BCUT2D eigenvalue weighted by molar-refractivity contribution is 5.99. The Morgan fingerprint density at radius 3 is 2.57 bits per heavy atom. The van der Waals surface area contributed by atoms with E-state index in [0.717, 1.165) is 5.56 Å². The van der Waals surface area contributed by atoms with Gasteiger partial charge in [-0.3, -0.25) is 9.59 Å². The van der Waals surface area contributed by atoms with Gasteiger partial charge in [-0.2, -0.15) is 5.10 Å². The van der Waals surface area contributed by atoms with Gasteiger partial charge in [0, 0.05) is 12.3 Å². The predicted molar refractivity (Wildman–Crippen MR) is 82.2 cm³/mol. The van der Waals surface area contributed by atoms with E-state index < -0.39 is 0 Å². The molecule has 0 spiro atoms. The molecule has 1 aromatic heterocycles. The van der Waals surface area contributed by atoms with Crippen LogP contribution in [0, 0.1) is 6.92 Å². The molecule has 0 saturated heterocycles. The summed E-state index contributed by atoms with van der Waals surface area (Å²) in [5.41, 5.74) is 5.06. The van der Waals surface area contributed by atoms with E-state index >= 15 is 0 Å². The summed E-state index contributed by atoms with van der Waals surface area (Å²) in [4.78, 5) is 23.3. The van der Waals surface area contributed by atoms with E-state index in [1.807, 2.05) is 38.1 Å². The molecule has 1 aromatic carbocycles. The second-order valence-electron chi connectivity index (χ2n) is 4.76. The summed E-state index contributed by atoms with van der Waals surface area (Å²) in [6.45, 7) is 3.78. The topological polar surface area (TPSA) is 63.5 Å². The van der Waals surface area contributed by atoms with Gasteiger partial charge in [0.25, 0.3) is 11.5 Å². The van der Waals surface area contributed by atoms with E-state index in [1.54, 1.807) is 18.3 Å². The van der Waals surface area contributed by atoms with Crippen molar-refractivity contribution in [3.05, 3.63) is 70.1 Å². The lowest BCUT2D eigenvalue weighted by Gasteiger charge is -2.05. The van der Waals surface area contributed by atoms with E-state index in [0.29, 0.717) is 5.71 Å². The number of aryl methyl sites for hydroxylation is 1. The van der Waals surface area contributed by atoms with Gasteiger partial charge in [0.2, 0.25) is 0 Å². The van der Waals surface area contributed by atoms with E-state index in [1.165, 1.54) is 16.2 Å². The largest absolute Gasteiger partial charge is 0.306 e. The van der Waals surface area contributed by atoms with Gasteiger partial charge in [0.15, 0.2) is 0 Å². The van der Waals surface area contributed by atoms with Crippen molar-refractivity contribution in [1.29, 1.82) is 0 Å². The fourth-order valence-corrected chi connectivity index (χ4v) is 1.79. The van der Waals surface area contributed by atoms with Gasteiger partial charge >= 0.3 is 0 Å². The van der Waals surface area contributed by atoms with Crippen molar-refractivity contribution in [2.75, 3.05) is 0 Å². The van der Waals surface area contributed by atoms with Crippen molar-refractivity contribution in [1.82, 2.24) is 9.99 Å². The monoisotopic (exact) mass is 283 g/mol. The van der Waals surface area contributed by atoms with Gasteiger partial charge in [0.1, 0.15) is 6.54 Å². The van der Waals surface area contributed by atoms with Crippen LogP contribution >= 0.6 is 0 Å². The Hall–Kier alpha value is -2.69. The molecule has 1 amide bonds. The van der Waals surface area contributed by atoms with Gasteiger partial charge in [-0.15, -0.1) is 0 Å². The number of rotatable bonds is 4. The number of hydrogen-bond acceptors (Lipinski definition) is 3. The molecule has 5 nitrogen and oxygen atoms in total. The van der Waals surface area contributed by atoms with Crippen molar-refractivity contribution >= 4 is 11.6 Å². The number of nitrogens with one attached hydrogen (secondary N) is 1. The first-order valence-corrected chi connectivity index (χ1v) is 6.62. The number of amides is 1. The lowest BCUT2D eigenvalue weighted by atomic mass is 10.1. The molecule has 0 unspecified atom stereocenters. The Morgan fingerprint density at radius 1 is 1.19 bits per heavy atom. The maximum Gasteiger partial charge on any atom is 0.260 e. The molecule has 0 aliphatic rings. The highest BCUT2D eigenvalue weighted by Gasteiger charge is 2.03. The average molecular weight is 283 g/mol. The quantitative estimate of drug-likeness (QED) is 0.685. The van der Waals surface area contributed by atoms with Crippen LogP contribution < -0.4 is 11.0 Å². The van der Waals surface area contributed by atoms with Crippen LogP contribution in [0.5, 0.6) is 0 Å². The molecular weight excluding hydrogens is 266 g/mol. The van der Waals surface area contributed by atoms with Gasteiger partial charge in [0.05, 0.1) is 5.71 Å². The fourth-order valence-electron chi connectivity index (χ4n) is 1.79. The smallest absolute Gasteiger partial charge is 0.260 e. The standard InChI is InChI=1S/C16H17N3O2/c1-12-6-8-14(9-7-12)13(2)17-18-15(20)11-19-10-4-3-5-16(19)21/h3-10H,11H2,1-2H3,(H,18,20)/b17-13-. The molecule has 0 aliphatic heterocycles. The second-order valence-corrected chi connectivity index (χ2v) is 4.76. The third-order valence-electron chi connectivity index (χ3n) is 3.03. The molecule has 21 heavy (non-hydrogen) atoms. The summed E-state index contributed by atoms with van der Waals surface area (Å²) < 4.78 is 1.33. The van der Waals surface area contributed by atoms with E-state index in [2.05, 4.69) is 10.5 Å². The summed E-state index contributed by atoms with van der Waals surface area (Å²) in [7, 11) is 0. The Balaban J connectivity index is 2.00. The molecule has 1 heterocycles. The summed E-state index contributed by atoms with van der Waals surface area (Å²) in [5, 5.41) is 4.05. The number of hydrazone groups is 1. The third kappa shape index (κ3) is 4.14. The van der Waals surface area contributed by atoms with Crippen molar-refractivity contribution in [3.8, 4) is 0 Å². The molecular formula is C16H17N3O2. The van der Waals surface area contributed by atoms with E-state index in [9.17, 15) is 9.59 Å². The van der Waals surface area contributed by atoms with Gasteiger partial charge < -0.3 is 4.57 Å². The fraction of sp³-hybridized carbons (Fsp3) is 0.188. The number of benzene rings is 1. The van der Waals surface area contributed by atoms with Crippen molar-refractivity contribution in [3.63, 3.8) is 0 Å². The van der Waals surface area contributed by atoms with Crippen LogP contribution in [0.15, 0.2) is 58.6 Å². The SMILES string of the molecule is C/C(=N/NC(=O)Cn1ccccc1=O)c1ccc(C)cc1. The molecule has 1 N–H and O–H groups in total. The molecule has 0 saturated carbocycles. The minimum Gasteiger partial charge on any atom is -0.306 e. The van der Waals surface area contributed by atoms with Crippen LogP contribution in [0.3, 0.4) is 0 Å². The van der Waals surface area contributed by atoms with Crippen molar-refractivity contribution in [2.45, 2.75) is 20.4 Å². The highest BCUT2D eigenvalue weighted by atomic mass is 16.2. The number of aromatic nitrogens is 1. The van der Waals surface area contributed by atoms with Crippen LogP contribution in [-0.2, 0) is 11.3 Å². The molecule has 108 valence electrons. The zero-order chi connectivity index (χ0) is 15.2. The number of nitrogens with zero attached hydrogens (tertiary/aromatic N) is 2. The Kier molecular flexibility index (Phi) is 4.66.